The monoisotopic (exact) mass is 391 g/mol. The number of nitrogens with zero attached hydrogens (tertiary/aromatic N) is 3. The number of carbonyl (C=O) groups excluding carboxylic acids is 1. The first-order chi connectivity index (χ1) is 14.1. The molecule has 0 saturated carbocycles. The van der Waals surface area contributed by atoms with Crippen LogP contribution in [0.25, 0.3) is 22.2 Å². The van der Waals surface area contributed by atoms with Crippen LogP contribution in [0.5, 0.6) is 0 Å². The number of para-hydroxylation sites is 2. The third-order valence-corrected chi connectivity index (χ3v) is 4.89. The van der Waals surface area contributed by atoms with E-state index >= 15 is 0 Å². The molecule has 0 aliphatic rings. The van der Waals surface area contributed by atoms with E-state index < -0.39 is 0 Å². The number of nitrogens with one attached hydrogen (secondary N) is 1. The van der Waals surface area contributed by atoms with Gasteiger partial charge in [-0.15, -0.1) is 0 Å². The second-order valence-corrected chi connectivity index (χ2v) is 6.97. The van der Waals surface area contributed by atoms with E-state index in [2.05, 4.69) is 17.2 Å². The normalized spacial score (nSPS) is 11.2. The number of unbranched alkanes of at least 4 members (excludes halogenated alkanes) is 1. The Kier molecular flexibility index (Phi) is 5.12. The van der Waals surface area contributed by atoms with Crippen LogP contribution in [0.4, 0.5) is 10.2 Å². The first-order valence-corrected chi connectivity index (χ1v) is 9.65. The molecule has 0 radical (unpaired) electrons. The zero-order valence-electron chi connectivity index (χ0n) is 16.2. The van der Waals surface area contributed by atoms with Gasteiger partial charge in [-0.05, 0) is 36.2 Å². The Labute approximate surface area is 167 Å². The lowest BCUT2D eigenvalue weighted by molar-refractivity contribution is 0.0955. The van der Waals surface area contributed by atoms with Gasteiger partial charge in [0.05, 0.1) is 17.6 Å². The van der Waals surface area contributed by atoms with Crippen molar-refractivity contribution < 1.29 is 9.18 Å². The maximum Gasteiger partial charge on any atom is 0.257 e. The Morgan fingerprint density at radius 1 is 1.10 bits per heavy atom. The van der Waals surface area contributed by atoms with Crippen LogP contribution < -0.4 is 11.1 Å². The second-order valence-electron chi connectivity index (χ2n) is 6.97. The minimum atomic E-state index is -0.305. The molecule has 6 nitrogen and oxygen atoms in total. The molecule has 7 heteroatoms. The summed E-state index contributed by atoms with van der Waals surface area (Å²) >= 11 is 0. The number of rotatable bonds is 6. The Morgan fingerprint density at radius 3 is 2.48 bits per heavy atom. The van der Waals surface area contributed by atoms with Crippen molar-refractivity contribution in [2.75, 3.05) is 12.3 Å². The van der Waals surface area contributed by atoms with Crippen molar-refractivity contribution in [3.8, 4) is 0 Å². The number of hydrogen-bond acceptors (Lipinski definition) is 4. The number of anilines is 1. The highest BCUT2D eigenvalue weighted by Crippen LogP contribution is 2.28. The van der Waals surface area contributed by atoms with Crippen molar-refractivity contribution >= 4 is 33.9 Å². The van der Waals surface area contributed by atoms with Crippen LogP contribution >= 0.6 is 0 Å². The maximum atomic E-state index is 13.3. The van der Waals surface area contributed by atoms with Crippen LogP contribution in [0.1, 0.15) is 35.7 Å². The predicted octanol–water partition coefficient (Wildman–Crippen LogP) is 3.88. The van der Waals surface area contributed by atoms with E-state index in [-0.39, 0.29) is 11.7 Å². The summed E-state index contributed by atoms with van der Waals surface area (Å²) in [6.07, 6.45) is 1.86. The van der Waals surface area contributed by atoms with Gasteiger partial charge >= 0.3 is 0 Å². The lowest BCUT2D eigenvalue weighted by Crippen LogP contribution is -2.25. The van der Waals surface area contributed by atoms with Crippen molar-refractivity contribution in [2.24, 2.45) is 0 Å². The van der Waals surface area contributed by atoms with E-state index in [0.717, 1.165) is 23.9 Å². The fourth-order valence-corrected chi connectivity index (χ4v) is 3.34. The molecule has 2 aromatic carbocycles. The number of fused-ring (bicyclic) bond motifs is 2. The van der Waals surface area contributed by atoms with Gasteiger partial charge in [0.25, 0.3) is 5.91 Å². The highest BCUT2D eigenvalue weighted by molar-refractivity contribution is 6.10. The van der Waals surface area contributed by atoms with E-state index in [0.29, 0.717) is 41.2 Å². The summed E-state index contributed by atoms with van der Waals surface area (Å²) in [6, 6.07) is 13.7. The van der Waals surface area contributed by atoms with Crippen molar-refractivity contribution in [2.45, 2.75) is 26.3 Å². The number of benzene rings is 2. The number of halogens is 1. The fraction of sp³-hybridized carbons (Fsp3) is 0.227. The first kappa shape index (κ1) is 18.9. The first-order valence-electron chi connectivity index (χ1n) is 9.65. The quantitative estimate of drug-likeness (QED) is 0.488. The lowest BCUT2D eigenvalue weighted by atomic mass is 10.2. The molecule has 4 aromatic rings. The Morgan fingerprint density at radius 2 is 1.79 bits per heavy atom. The number of hydrogen-bond donors (Lipinski definition) is 2. The molecular formula is C22H22FN5O. The molecular weight excluding hydrogens is 369 g/mol. The lowest BCUT2D eigenvalue weighted by Gasteiger charge is -2.08. The Balaban J connectivity index is 1.86. The second kappa shape index (κ2) is 7.87. The van der Waals surface area contributed by atoms with Crippen LogP contribution in [0.15, 0.2) is 48.5 Å². The molecule has 29 heavy (non-hydrogen) atoms. The minimum Gasteiger partial charge on any atom is -0.384 e. The van der Waals surface area contributed by atoms with Crippen molar-refractivity contribution in [1.82, 2.24) is 19.9 Å². The summed E-state index contributed by atoms with van der Waals surface area (Å²) in [4.78, 5) is 22.3. The van der Waals surface area contributed by atoms with Crippen LogP contribution in [0.2, 0.25) is 0 Å². The SMILES string of the molecule is CCCCNC(=O)c1c(N)n(Cc2ccc(F)cc2)c2nc3ccccc3nc12. The molecule has 0 spiro atoms. The molecule has 0 bridgehead atoms. The van der Waals surface area contributed by atoms with Gasteiger partial charge in [0.15, 0.2) is 5.65 Å². The van der Waals surface area contributed by atoms with E-state index in [1.165, 1.54) is 12.1 Å². The number of aromatic nitrogens is 3. The van der Waals surface area contributed by atoms with Crippen molar-refractivity contribution in [3.63, 3.8) is 0 Å². The molecule has 2 aromatic heterocycles. The predicted molar refractivity (Wildman–Crippen MR) is 112 cm³/mol. The number of carbonyl (C=O) groups is 1. The number of nitrogens with two attached hydrogens (primary N) is 1. The summed E-state index contributed by atoms with van der Waals surface area (Å²) < 4.78 is 15.0. The summed E-state index contributed by atoms with van der Waals surface area (Å²) in [6.45, 7) is 2.99. The van der Waals surface area contributed by atoms with Crippen LogP contribution in [0, 0.1) is 5.82 Å². The van der Waals surface area contributed by atoms with Crippen molar-refractivity contribution in [1.29, 1.82) is 0 Å². The Hall–Kier alpha value is -3.48. The highest BCUT2D eigenvalue weighted by atomic mass is 19.1. The van der Waals surface area contributed by atoms with Gasteiger partial charge in [0.2, 0.25) is 0 Å². The summed E-state index contributed by atoms with van der Waals surface area (Å²) in [5.74, 6) is -0.266. The minimum absolute atomic E-state index is 0.261. The van der Waals surface area contributed by atoms with E-state index in [4.69, 9.17) is 10.7 Å². The van der Waals surface area contributed by atoms with Gasteiger partial charge in [0.1, 0.15) is 22.7 Å². The summed E-state index contributed by atoms with van der Waals surface area (Å²) in [7, 11) is 0. The molecule has 148 valence electrons. The molecule has 2 heterocycles. The van der Waals surface area contributed by atoms with Crippen LogP contribution in [0.3, 0.4) is 0 Å². The number of nitrogen functional groups attached to an aromatic ring is 1. The topological polar surface area (TPSA) is 85.8 Å². The summed E-state index contributed by atoms with van der Waals surface area (Å²) in [5, 5.41) is 2.92. The third kappa shape index (κ3) is 3.63. The van der Waals surface area contributed by atoms with Crippen LogP contribution in [-0.2, 0) is 6.54 Å². The molecule has 0 saturated heterocycles. The molecule has 1 amide bonds. The molecule has 3 N–H and O–H groups in total. The van der Waals surface area contributed by atoms with Gasteiger partial charge in [0, 0.05) is 6.54 Å². The molecule has 0 fully saturated rings. The van der Waals surface area contributed by atoms with Gasteiger partial charge in [-0.1, -0.05) is 37.6 Å². The molecule has 4 rings (SSSR count). The average Bonchev–Trinajstić information content (AvgIpc) is 2.99. The van der Waals surface area contributed by atoms with Gasteiger partial charge in [-0.3, -0.25) is 4.79 Å². The van der Waals surface area contributed by atoms with Crippen molar-refractivity contribution in [3.05, 3.63) is 65.5 Å². The third-order valence-electron chi connectivity index (χ3n) is 4.89. The molecule has 0 unspecified atom stereocenters. The zero-order valence-corrected chi connectivity index (χ0v) is 16.2. The zero-order chi connectivity index (χ0) is 20.4. The molecule has 0 aliphatic heterocycles. The van der Waals surface area contributed by atoms with Crippen LogP contribution in [-0.4, -0.2) is 27.0 Å². The van der Waals surface area contributed by atoms with E-state index in [1.54, 1.807) is 16.7 Å². The number of amides is 1. The largest absolute Gasteiger partial charge is 0.384 e. The van der Waals surface area contributed by atoms with E-state index in [9.17, 15) is 9.18 Å². The summed E-state index contributed by atoms with van der Waals surface area (Å²) in [5.41, 5.74) is 10.0. The smallest absolute Gasteiger partial charge is 0.257 e. The average molecular weight is 391 g/mol. The Bertz CT molecular complexity index is 1180. The van der Waals surface area contributed by atoms with Gasteiger partial charge in [-0.2, -0.15) is 0 Å². The van der Waals surface area contributed by atoms with E-state index in [1.807, 2.05) is 24.3 Å². The maximum absolute atomic E-state index is 13.3. The fourth-order valence-electron chi connectivity index (χ4n) is 3.34. The van der Waals surface area contributed by atoms with Gasteiger partial charge in [-0.25, -0.2) is 14.4 Å². The highest BCUT2D eigenvalue weighted by Gasteiger charge is 2.23. The van der Waals surface area contributed by atoms with Gasteiger partial charge < -0.3 is 15.6 Å². The molecule has 0 aliphatic carbocycles. The standard InChI is InChI=1S/C22H22FN5O/c1-2-3-12-25-22(29)18-19-21(27-17-7-5-4-6-16(17)26-19)28(20(18)24)13-14-8-10-15(23)11-9-14/h4-11H,2-3,12-13,24H2,1H3,(H,25,29). The molecule has 0 atom stereocenters.